The third-order valence-electron chi connectivity index (χ3n) is 1.31. The Morgan fingerprint density at radius 2 is 1.73 bits per heavy atom. The van der Waals surface area contributed by atoms with Gasteiger partial charge in [0.25, 0.3) is 0 Å². The van der Waals surface area contributed by atoms with Crippen molar-refractivity contribution in [3.8, 4) is 0 Å². The maximum Gasteiger partial charge on any atom is 0.336 e. The van der Waals surface area contributed by atoms with Gasteiger partial charge >= 0.3 is 10.3 Å². The second-order valence-electron chi connectivity index (χ2n) is 3.31. The molecule has 0 saturated carbocycles. The summed E-state index contributed by atoms with van der Waals surface area (Å²) in [4.78, 5) is 0. The molecule has 0 unspecified atom stereocenters. The summed E-state index contributed by atoms with van der Waals surface area (Å²) < 4.78 is 31.1. The van der Waals surface area contributed by atoms with Crippen molar-refractivity contribution in [1.29, 1.82) is 0 Å². The van der Waals surface area contributed by atoms with E-state index in [1.54, 1.807) is 27.7 Å². The molecule has 0 aliphatic heterocycles. The zero-order valence-corrected chi connectivity index (χ0v) is 8.14. The van der Waals surface area contributed by atoms with Crippen molar-refractivity contribution in [3.05, 3.63) is 0 Å². The van der Waals surface area contributed by atoms with Crippen LogP contribution in [-0.2, 0) is 10.3 Å². The van der Waals surface area contributed by atoms with E-state index in [1.165, 1.54) is 0 Å². The molecule has 0 amide bonds. The van der Waals surface area contributed by atoms with Crippen molar-refractivity contribution in [1.82, 2.24) is 4.31 Å². The molecule has 0 rings (SSSR count). The average Bonchev–Trinajstić information content (AvgIpc) is 1.56. The van der Waals surface area contributed by atoms with Crippen LogP contribution in [0.25, 0.3) is 0 Å². The van der Waals surface area contributed by atoms with Crippen LogP contribution in [0.3, 0.4) is 0 Å². The summed E-state index contributed by atoms with van der Waals surface area (Å²) >= 11 is 0. The molecule has 1 N–H and O–H groups in total. The van der Waals surface area contributed by atoms with E-state index in [1.807, 2.05) is 0 Å². The van der Waals surface area contributed by atoms with E-state index in [-0.39, 0.29) is 6.54 Å². The minimum absolute atomic E-state index is 0.280. The van der Waals surface area contributed by atoms with Crippen molar-refractivity contribution in [2.24, 2.45) is 0 Å². The van der Waals surface area contributed by atoms with E-state index in [2.05, 4.69) is 0 Å². The highest BCUT2D eigenvalue weighted by Crippen LogP contribution is 2.15. The van der Waals surface area contributed by atoms with Crippen molar-refractivity contribution < 1.29 is 13.0 Å². The van der Waals surface area contributed by atoms with E-state index in [0.717, 1.165) is 4.31 Å². The molecule has 68 valence electrons. The van der Waals surface area contributed by atoms with Gasteiger partial charge in [-0.05, 0) is 20.8 Å². The summed E-state index contributed by atoms with van der Waals surface area (Å²) in [6.45, 7) is 7.14. The Labute approximate surface area is 68.1 Å². The summed E-state index contributed by atoms with van der Waals surface area (Å²) in [5.41, 5.74) is -0.553. The number of rotatable bonds is 2. The van der Waals surface area contributed by atoms with Crippen LogP contribution in [0, 0.1) is 0 Å². The number of nitrogens with zero attached hydrogens (tertiary/aromatic N) is 1. The predicted molar refractivity (Wildman–Crippen MR) is 43.7 cm³/mol. The first-order chi connectivity index (χ1) is 4.69. The normalized spacial score (nSPS) is 14.0. The molecule has 0 atom stereocenters. The van der Waals surface area contributed by atoms with Gasteiger partial charge in [-0.1, -0.05) is 6.92 Å². The van der Waals surface area contributed by atoms with Gasteiger partial charge in [-0.25, -0.2) is 0 Å². The summed E-state index contributed by atoms with van der Waals surface area (Å²) in [5.74, 6) is 0. The van der Waals surface area contributed by atoms with E-state index in [0.29, 0.717) is 0 Å². The van der Waals surface area contributed by atoms with Crippen LogP contribution in [0.15, 0.2) is 0 Å². The second kappa shape index (κ2) is 3.08. The van der Waals surface area contributed by atoms with Gasteiger partial charge < -0.3 is 0 Å². The lowest BCUT2D eigenvalue weighted by atomic mass is 10.1. The lowest BCUT2D eigenvalue weighted by Crippen LogP contribution is -2.44. The molecule has 0 aromatic heterocycles. The van der Waals surface area contributed by atoms with E-state index in [4.69, 9.17) is 4.55 Å². The molecule has 4 nitrogen and oxygen atoms in total. The summed E-state index contributed by atoms with van der Waals surface area (Å²) in [6.07, 6.45) is 0. The summed E-state index contributed by atoms with van der Waals surface area (Å²) in [6, 6.07) is 0. The Hall–Kier alpha value is -0.130. The molecule has 0 aliphatic rings. The zero-order chi connectivity index (χ0) is 9.28. The molecule has 0 radical (unpaired) electrons. The van der Waals surface area contributed by atoms with Crippen LogP contribution >= 0.6 is 0 Å². The molecule has 0 spiro atoms. The maximum absolute atomic E-state index is 10.7. The SMILES string of the molecule is CCN(C(C)(C)C)S(=O)(=O)O. The molecule has 0 fully saturated rings. The highest BCUT2D eigenvalue weighted by atomic mass is 32.2. The van der Waals surface area contributed by atoms with Crippen molar-refractivity contribution in [2.75, 3.05) is 6.54 Å². The van der Waals surface area contributed by atoms with Gasteiger partial charge in [0.2, 0.25) is 0 Å². The van der Waals surface area contributed by atoms with Gasteiger partial charge in [0, 0.05) is 12.1 Å². The van der Waals surface area contributed by atoms with Crippen LogP contribution in [0.5, 0.6) is 0 Å². The lowest BCUT2D eigenvalue weighted by Gasteiger charge is -2.30. The van der Waals surface area contributed by atoms with Crippen LogP contribution in [0.2, 0.25) is 0 Å². The molecule has 0 aromatic rings. The fourth-order valence-electron chi connectivity index (χ4n) is 0.984. The minimum Gasteiger partial charge on any atom is -0.273 e. The minimum atomic E-state index is -4.04. The van der Waals surface area contributed by atoms with Crippen LogP contribution in [0.1, 0.15) is 27.7 Å². The maximum atomic E-state index is 10.7. The number of hydrogen-bond acceptors (Lipinski definition) is 2. The molecule has 11 heavy (non-hydrogen) atoms. The highest BCUT2D eigenvalue weighted by Gasteiger charge is 2.29. The van der Waals surface area contributed by atoms with Crippen LogP contribution in [-0.4, -0.2) is 29.4 Å². The third-order valence-corrected chi connectivity index (χ3v) is 2.68. The molecular weight excluding hydrogens is 166 g/mol. The van der Waals surface area contributed by atoms with Crippen LogP contribution in [0.4, 0.5) is 0 Å². The molecule has 0 aromatic carbocycles. The van der Waals surface area contributed by atoms with Crippen LogP contribution < -0.4 is 0 Å². The topological polar surface area (TPSA) is 57.6 Å². The Kier molecular flexibility index (Phi) is 3.05. The van der Waals surface area contributed by atoms with E-state index >= 15 is 0 Å². The van der Waals surface area contributed by atoms with Gasteiger partial charge in [0.1, 0.15) is 0 Å². The van der Waals surface area contributed by atoms with Gasteiger partial charge in [-0.15, -0.1) is 0 Å². The standard InChI is InChI=1S/C6H15NO3S/c1-5-7(6(2,3)4)11(8,9)10/h5H2,1-4H3,(H,8,9,10). The quantitative estimate of drug-likeness (QED) is 0.644. The van der Waals surface area contributed by atoms with Gasteiger partial charge in [-0.2, -0.15) is 12.7 Å². The Morgan fingerprint density at radius 1 is 1.36 bits per heavy atom. The molecule has 0 saturated heterocycles. The predicted octanol–water partition coefficient (Wildman–Crippen LogP) is 0.910. The van der Waals surface area contributed by atoms with Crippen molar-refractivity contribution >= 4 is 10.3 Å². The van der Waals surface area contributed by atoms with Crippen molar-refractivity contribution in [3.63, 3.8) is 0 Å². The smallest absolute Gasteiger partial charge is 0.273 e. The summed E-state index contributed by atoms with van der Waals surface area (Å²) in [5, 5.41) is 0. The van der Waals surface area contributed by atoms with Crippen molar-refractivity contribution in [2.45, 2.75) is 33.2 Å². The first-order valence-corrected chi connectivity index (χ1v) is 4.84. The fourth-order valence-corrected chi connectivity index (χ4v) is 2.00. The molecule has 5 heteroatoms. The molecule has 0 bridgehead atoms. The third kappa shape index (κ3) is 3.18. The largest absolute Gasteiger partial charge is 0.336 e. The number of hydrogen-bond donors (Lipinski definition) is 1. The van der Waals surface area contributed by atoms with Gasteiger partial charge in [-0.3, -0.25) is 4.55 Å². The van der Waals surface area contributed by atoms with E-state index in [9.17, 15) is 8.42 Å². The monoisotopic (exact) mass is 181 g/mol. The average molecular weight is 181 g/mol. The van der Waals surface area contributed by atoms with E-state index < -0.39 is 15.8 Å². The molecule has 0 aliphatic carbocycles. The molecular formula is C6H15NO3S. The Bertz CT molecular complexity index is 214. The Balaban J connectivity index is 4.72. The fraction of sp³-hybridized carbons (Fsp3) is 1.00. The van der Waals surface area contributed by atoms with Gasteiger partial charge in [0.05, 0.1) is 0 Å². The second-order valence-corrected chi connectivity index (χ2v) is 4.65. The van der Waals surface area contributed by atoms with Gasteiger partial charge in [0.15, 0.2) is 0 Å². The first-order valence-electron chi connectivity index (χ1n) is 3.45. The Morgan fingerprint density at radius 3 is 1.73 bits per heavy atom. The first kappa shape index (κ1) is 10.9. The molecule has 0 heterocycles. The lowest BCUT2D eigenvalue weighted by molar-refractivity contribution is 0.234. The zero-order valence-electron chi connectivity index (χ0n) is 7.33. The highest BCUT2D eigenvalue weighted by molar-refractivity contribution is 7.83. The summed E-state index contributed by atoms with van der Waals surface area (Å²) in [7, 11) is -4.04.